The SMILES string of the molecule is CC(Nc1nc2c(c(=O)[nH]1)CSC2)c1ccccc1. The number of nitrogens with zero attached hydrogens (tertiary/aromatic N) is 1. The summed E-state index contributed by atoms with van der Waals surface area (Å²) in [5.41, 5.74) is 2.89. The van der Waals surface area contributed by atoms with Crippen LogP contribution in [-0.2, 0) is 11.5 Å². The van der Waals surface area contributed by atoms with Crippen LogP contribution in [0.3, 0.4) is 0 Å². The Morgan fingerprint density at radius 3 is 2.89 bits per heavy atom. The van der Waals surface area contributed by atoms with Gasteiger partial charge in [0.25, 0.3) is 5.56 Å². The molecule has 1 unspecified atom stereocenters. The van der Waals surface area contributed by atoms with E-state index in [1.807, 2.05) is 18.2 Å². The molecular formula is C14H15N3OS. The van der Waals surface area contributed by atoms with Crippen molar-refractivity contribution in [1.29, 1.82) is 0 Å². The molecule has 2 N–H and O–H groups in total. The number of hydrogen-bond donors (Lipinski definition) is 2. The number of aromatic nitrogens is 2. The van der Waals surface area contributed by atoms with Crippen molar-refractivity contribution in [1.82, 2.24) is 9.97 Å². The van der Waals surface area contributed by atoms with Gasteiger partial charge in [-0.25, -0.2) is 4.98 Å². The van der Waals surface area contributed by atoms with Crippen molar-refractivity contribution in [3.8, 4) is 0 Å². The van der Waals surface area contributed by atoms with Gasteiger partial charge in [-0.05, 0) is 12.5 Å². The highest BCUT2D eigenvalue weighted by molar-refractivity contribution is 7.98. The van der Waals surface area contributed by atoms with E-state index in [1.165, 1.54) is 5.56 Å². The van der Waals surface area contributed by atoms with E-state index >= 15 is 0 Å². The average Bonchev–Trinajstić information content (AvgIpc) is 2.88. The van der Waals surface area contributed by atoms with E-state index in [1.54, 1.807) is 11.8 Å². The lowest BCUT2D eigenvalue weighted by Crippen LogP contribution is -2.19. The molecule has 0 fully saturated rings. The van der Waals surface area contributed by atoms with E-state index in [4.69, 9.17) is 0 Å². The van der Waals surface area contributed by atoms with Crippen LogP contribution in [-0.4, -0.2) is 9.97 Å². The summed E-state index contributed by atoms with van der Waals surface area (Å²) in [4.78, 5) is 19.2. The first kappa shape index (κ1) is 12.3. The van der Waals surface area contributed by atoms with Crippen molar-refractivity contribution in [2.45, 2.75) is 24.5 Å². The minimum absolute atomic E-state index is 0.0160. The van der Waals surface area contributed by atoms with Crippen molar-refractivity contribution in [2.75, 3.05) is 5.32 Å². The first-order valence-electron chi connectivity index (χ1n) is 6.25. The standard InChI is InChI=1S/C14H15N3OS/c1-9(10-5-3-2-4-6-10)15-14-16-12-8-19-7-11(12)13(18)17-14/h2-6,9H,7-8H2,1H3,(H2,15,16,17,18). The normalized spacial score (nSPS) is 15.0. The van der Waals surface area contributed by atoms with Gasteiger partial charge in [0.05, 0.1) is 11.7 Å². The molecule has 19 heavy (non-hydrogen) atoms. The van der Waals surface area contributed by atoms with E-state index in [9.17, 15) is 4.79 Å². The number of fused-ring (bicyclic) bond motifs is 1. The van der Waals surface area contributed by atoms with E-state index < -0.39 is 0 Å². The molecule has 0 aliphatic carbocycles. The lowest BCUT2D eigenvalue weighted by atomic mass is 10.1. The fourth-order valence-corrected chi connectivity index (χ4v) is 3.20. The van der Waals surface area contributed by atoms with Gasteiger partial charge in [0, 0.05) is 17.1 Å². The van der Waals surface area contributed by atoms with Gasteiger partial charge in [0.1, 0.15) is 0 Å². The zero-order valence-electron chi connectivity index (χ0n) is 10.6. The lowest BCUT2D eigenvalue weighted by Gasteiger charge is -2.15. The van der Waals surface area contributed by atoms with Gasteiger partial charge in [-0.15, -0.1) is 0 Å². The number of nitrogens with one attached hydrogen (secondary N) is 2. The van der Waals surface area contributed by atoms with Crippen molar-refractivity contribution in [3.63, 3.8) is 0 Å². The number of aromatic amines is 1. The van der Waals surface area contributed by atoms with Crippen LogP contribution in [0.5, 0.6) is 0 Å². The fraction of sp³-hybridized carbons (Fsp3) is 0.286. The molecule has 0 spiro atoms. The minimum atomic E-state index is -0.0160. The number of anilines is 1. The maximum Gasteiger partial charge on any atom is 0.256 e. The predicted octanol–water partition coefficient (Wildman–Crippen LogP) is 2.69. The highest BCUT2D eigenvalue weighted by atomic mass is 32.2. The molecule has 0 saturated carbocycles. The summed E-state index contributed by atoms with van der Waals surface area (Å²) in [5.74, 6) is 2.16. The van der Waals surface area contributed by atoms with Gasteiger partial charge in [-0.3, -0.25) is 9.78 Å². The van der Waals surface area contributed by atoms with Gasteiger partial charge in [-0.2, -0.15) is 11.8 Å². The first-order valence-corrected chi connectivity index (χ1v) is 7.41. The molecule has 1 aliphatic heterocycles. The molecule has 1 aromatic heterocycles. The van der Waals surface area contributed by atoms with Crippen LogP contribution in [0.25, 0.3) is 0 Å². The van der Waals surface area contributed by atoms with Crippen LogP contribution in [0.4, 0.5) is 5.95 Å². The summed E-state index contributed by atoms with van der Waals surface area (Å²) < 4.78 is 0. The minimum Gasteiger partial charge on any atom is -0.349 e. The molecule has 2 aromatic rings. The summed E-state index contributed by atoms with van der Waals surface area (Å²) in [6, 6.07) is 10.2. The van der Waals surface area contributed by atoms with Crippen LogP contribution in [0.1, 0.15) is 29.8 Å². The van der Waals surface area contributed by atoms with E-state index in [2.05, 4.69) is 34.3 Å². The molecule has 0 saturated heterocycles. The third-order valence-electron chi connectivity index (χ3n) is 3.24. The second kappa shape index (κ2) is 5.09. The molecule has 0 amide bonds. The Morgan fingerprint density at radius 2 is 2.11 bits per heavy atom. The van der Waals surface area contributed by atoms with E-state index in [0.29, 0.717) is 5.95 Å². The van der Waals surface area contributed by atoms with E-state index in [-0.39, 0.29) is 11.6 Å². The first-order chi connectivity index (χ1) is 9.24. The Labute approximate surface area is 115 Å². The van der Waals surface area contributed by atoms with Crippen LogP contribution in [0.15, 0.2) is 35.1 Å². The fourth-order valence-electron chi connectivity index (χ4n) is 2.16. The van der Waals surface area contributed by atoms with Crippen LogP contribution >= 0.6 is 11.8 Å². The second-order valence-electron chi connectivity index (χ2n) is 4.61. The maximum absolute atomic E-state index is 11.9. The lowest BCUT2D eigenvalue weighted by molar-refractivity contribution is 0.850. The van der Waals surface area contributed by atoms with Crippen LogP contribution in [0.2, 0.25) is 0 Å². The average molecular weight is 273 g/mol. The molecule has 0 bridgehead atoms. The predicted molar refractivity (Wildman–Crippen MR) is 78.3 cm³/mol. The third-order valence-corrected chi connectivity index (χ3v) is 4.21. The van der Waals surface area contributed by atoms with Gasteiger partial charge in [0.2, 0.25) is 5.95 Å². The zero-order valence-corrected chi connectivity index (χ0v) is 11.5. The molecular weight excluding hydrogens is 258 g/mol. The molecule has 2 heterocycles. The Hall–Kier alpha value is -1.75. The number of hydrogen-bond acceptors (Lipinski definition) is 4. The molecule has 98 valence electrons. The molecule has 1 aromatic carbocycles. The number of rotatable bonds is 3. The maximum atomic E-state index is 11.9. The monoisotopic (exact) mass is 273 g/mol. The summed E-state index contributed by atoms with van der Waals surface area (Å²) in [6.07, 6.45) is 0. The van der Waals surface area contributed by atoms with Crippen molar-refractivity contribution in [3.05, 3.63) is 57.5 Å². The quantitative estimate of drug-likeness (QED) is 0.902. The second-order valence-corrected chi connectivity index (χ2v) is 5.59. The van der Waals surface area contributed by atoms with Crippen molar-refractivity contribution >= 4 is 17.7 Å². The Bertz CT molecular complexity index is 639. The molecule has 1 aliphatic rings. The van der Waals surface area contributed by atoms with E-state index in [0.717, 1.165) is 22.8 Å². The number of H-pyrrole nitrogens is 1. The molecule has 4 nitrogen and oxygen atoms in total. The largest absolute Gasteiger partial charge is 0.349 e. The van der Waals surface area contributed by atoms with Crippen LogP contribution in [0, 0.1) is 0 Å². The smallest absolute Gasteiger partial charge is 0.256 e. The van der Waals surface area contributed by atoms with Crippen molar-refractivity contribution < 1.29 is 0 Å². The number of thioether (sulfide) groups is 1. The van der Waals surface area contributed by atoms with Gasteiger partial charge >= 0.3 is 0 Å². The summed E-state index contributed by atoms with van der Waals surface area (Å²) in [7, 11) is 0. The number of benzene rings is 1. The highest BCUT2D eigenvalue weighted by Gasteiger charge is 2.18. The van der Waals surface area contributed by atoms with Gasteiger partial charge < -0.3 is 5.32 Å². The van der Waals surface area contributed by atoms with Crippen molar-refractivity contribution in [2.24, 2.45) is 0 Å². The molecule has 1 atom stereocenters. The zero-order chi connectivity index (χ0) is 13.2. The van der Waals surface area contributed by atoms with Gasteiger partial charge in [0.15, 0.2) is 0 Å². The topological polar surface area (TPSA) is 57.8 Å². The van der Waals surface area contributed by atoms with Crippen LogP contribution < -0.4 is 10.9 Å². The third kappa shape index (κ3) is 2.51. The summed E-state index contributed by atoms with van der Waals surface area (Å²) in [6.45, 7) is 2.05. The molecule has 3 rings (SSSR count). The highest BCUT2D eigenvalue weighted by Crippen LogP contribution is 2.26. The Balaban J connectivity index is 1.85. The summed E-state index contributed by atoms with van der Waals surface area (Å²) >= 11 is 1.73. The van der Waals surface area contributed by atoms with Gasteiger partial charge in [-0.1, -0.05) is 30.3 Å². The molecule has 5 heteroatoms. The Morgan fingerprint density at radius 1 is 1.32 bits per heavy atom. The summed E-state index contributed by atoms with van der Waals surface area (Å²) in [5, 5.41) is 3.25. The molecule has 0 radical (unpaired) electrons. The Kier molecular flexibility index (Phi) is 3.29.